The maximum atomic E-state index is 12.6. The van der Waals surface area contributed by atoms with E-state index in [-0.39, 0.29) is 11.4 Å². The molecule has 1 N–H and O–H groups in total. The van der Waals surface area contributed by atoms with Gasteiger partial charge in [0.05, 0.1) is 17.1 Å². The first kappa shape index (κ1) is 17.2. The molecule has 3 rings (SSSR count). The minimum atomic E-state index is -0.528. The predicted molar refractivity (Wildman–Crippen MR) is 99.2 cm³/mol. The summed E-state index contributed by atoms with van der Waals surface area (Å²) in [5, 5.41) is 14.8. The van der Waals surface area contributed by atoms with E-state index >= 15 is 0 Å². The van der Waals surface area contributed by atoms with Crippen LogP contribution in [0.1, 0.15) is 15.2 Å². The van der Waals surface area contributed by atoms with Gasteiger partial charge in [-0.3, -0.25) is 14.9 Å². The van der Waals surface area contributed by atoms with Gasteiger partial charge < -0.3 is 10.1 Å². The zero-order chi connectivity index (χ0) is 18.1. The third-order valence-corrected chi connectivity index (χ3v) is 5.31. The molecule has 0 bridgehead atoms. The lowest BCUT2D eigenvalue weighted by Gasteiger charge is -2.06. The molecule has 0 saturated carbocycles. The van der Waals surface area contributed by atoms with Crippen molar-refractivity contribution in [1.82, 2.24) is 0 Å². The number of nitro benzene ring substituents is 1. The van der Waals surface area contributed by atoms with Gasteiger partial charge in [0.2, 0.25) is 0 Å². The summed E-state index contributed by atoms with van der Waals surface area (Å²) in [6, 6.07) is 9.96. The minimum absolute atomic E-state index is 0.131. The number of benzene rings is 2. The first-order valence-electron chi connectivity index (χ1n) is 7.23. The van der Waals surface area contributed by atoms with Gasteiger partial charge in [-0.25, -0.2) is 0 Å². The standard InChI is InChI=1S/C17H13ClN2O4S/c1-9-3-5-12(13(7-9)20(22)23)19-17(21)16-15(18)11-8-10(24-2)4-6-14(11)25-16/h3-8H,1-2H3,(H,19,21). The van der Waals surface area contributed by atoms with Crippen molar-refractivity contribution in [2.75, 3.05) is 12.4 Å². The Balaban J connectivity index is 1.98. The van der Waals surface area contributed by atoms with E-state index in [0.717, 1.165) is 10.3 Å². The smallest absolute Gasteiger partial charge is 0.293 e. The number of aryl methyl sites for hydroxylation is 1. The molecular formula is C17H13ClN2O4S. The number of fused-ring (bicyclic) bond motifs is 1. The number of hydrogen-bond donors (Lipinski definition) is 1. The normalized spacial score (nSPS) is 10.7. The summed E-state index contributed by atoms with van der Waals surface area (Å²) < 4.78 is 5.99. The number of hydrogen-bond acceptors (Lipinski definition) is 5. The average Bonchev–Trinajstić information content (AvgIpc) is 2.92. The molecule has 0 fully saturated rings. The van der Waals surface area contributed by atoms with E-state index in [1.807, 2.05) is 6.07 Å². The van der Waals surface area contributed by atoms with Crippen LogP contribution in [0.25, 0.3) is 10.1 Å². The molecule has 0 atom stereocenters. The third kappa shape index (κ3) is 3.29. The number of rotatable bonds is 4. The van der Waals surface area contributed by atoms with Gasteiger partial charge in [-0.1, -0.05) is 17.7 Å². The number of carbonyl (C=O) groups excluding carboxylic acids is 1. The van der Waals surface area contributed by atoms with Crippen molar-refractivity contribution in [3.8, 4) is 5.75 Å². The second-order valence-corrected chi connectivity index (χ2v) is 6.77. The van der Waals surface area contributed by atoms with Gasteiger partial charge >= 0.3 is 0 Å². The van der Waals surface area contributed by atoms with Crippen molar-refractivity contribution in [2.24, 2.45) is 0 Å². The van der Waals surface area contributed by atoms with Crippen LogP contribution in [0.15, 0.2) is 36.4 Å². The fourth-order valence-electron chi connectivity index (χ4n) is 2.40. The van der Waals surface area contributed by atoms with Crippen LogP contribution in [0.2, 0.25) is 5.02 Å². The number of carbonyl (C=O) groups is 1. The van der Waals surface area contributed by atoms with E-state index < -0.39 is 10.8 Å². The van der Waals surface area contributed by atoms with Gasteiger partial charge in [0, 0.05) is 16.2 Å². The monoisotopic (exact) mass is 376 g/mol. The molecule has 1 aromatic heterocycles. The van der Waals surface area contributed by atoms with Crippen LogP contribution in [0.5, 0.6) is 5.75 Å². The Labute approximate surface area is 152 Å². The van der Waals surface area contributed by atoms with Gasteiger partial charge in [-0.05, 0) is 36.8 Å². The summed E-state index contributed by atoms with van der Waals surface area (Å²) in [7, 11) is 1.55. The number of nitro groups is 1. The molecule has 0 spiro atoms. The van der Waals surface area contributed by atoms with Crippen LogP contribution in [0.3, 0.4) is 0 Å². The Kier molecular flexibility index (Phi) is 4.61. The molecule has 0 aliphatic carbocycles. The van der Waals surface area contributed by atoms with Crippen LogP contribution in [-0.4, -0.2) is 17.9 Å². The maximum absolute atomic E-state index is 12.6. The molecule has 0 radical (unpaired) electrons. The van der Waals surface area contributed by atoms with Crippen molar-refractivity contribution in [1.29, 1.82) is 0 Å². The minimum Gasteiger partial charge on any atom is -0.497 e. The zero-order valence-electron chi connectivity index (χ0n) is 13.3. The van der Waals surface area contributed by atoms with Crippen LogP contribution in [0, 0.1) is 17.0 Å². The van der Waals surface area contributed by atoms with Gasteiger partial charge in [-0.2, -0.15) is 0 Å². The Bertz CT molecular complexity index is 1000. The first-order chi connectivity index (χ1) is 11.9. The number of amides is 1. The molecule has 2 aromatic carbocycles. The Hall–Kier alpha value is -2.64. The van der Waals surface area contributed by atoms with Crippen molar-refractivity contribution >= 4 is 50.3 Å². The molecule has 0 aliphatic rings. The molecule has 0 unspecified atom stereocenters. The molecule has 6 nitrogen and oxygen atoms in total. The lowest BCUT2D eigenvalue weighted by molar-refractivity contribution is -0.384. The van der Waals surface area contributed by atoms with E-state index in [1.54, 1.807) is 32.2 Å². The van der Waals surface area contributed by atoms with Gasteiger partial charge in [0.15, 0.2) is 0 Å². The van der Waals surface area contributed by atoms with E-state index in [4.69, 9.17) is 16.3 Å². The molecule has 1 amide bonds. The third-order valence-electron chi connectivity index (χ3n) is 3.64. The number of anilines is 1. The molecule has 8 heteroatoms. The van der Waals surface area contributed by atoms with E-state index in [0.29, 0.717) is 21.0 Å². The second kappa shape index (κ2) is 6.70. The van der Waals surface area contributed by atoms with Crippen molar-refractivity contribution < 1.29 is 14.5 Å². The number of methoxy groups -OCH3 is 1. The van der Waals surface area contributed by atoms with Crippen molar-refractivity contribution in [3.05, 3.63) is 62.0 Å². The van der Waals surface area contributed by atoms with Gasteiger partial charge in [-0.15, -0.1) is 11.3 Å². The molecule has 3 aromatic rings. The largest absolute Gasteiger partial charge is 0.497 e. The van der Waals surface area contributed by atoms with E-state index in [1.165, 1.54) is 23.5 Å². The van der Waals surface area contributed by atoms with Crippen LogP contribution >= 0.6 is 22.9 Å². The highest BCUT2D eigenvalue weighted by Crippen LogP contribution is 2.38. The summed E-state index contributed by atoms with van der Waals surface area (Å²) in [4.78, 5) is 23.5. The predicted octanol–water partition coefficient (Wildman–Crippen LogP) is 5.03. The molecule has 128 valence electrons. The highest BCUT2D eigenvalue weighted by atomic mass is 35.5. The van der Waals surface area contributed by atoms with Crippen molar-refractivity contribution in [2.45, 2.75) is 6.92 Å². The zero-order valence-corrected chi connectivity index (χ0v) is 14.9. The van der Waals surface area contributed by atoms with Gasteiger partial charge in [0.1, 0.15) is 16.3 Å². The van der Waals surface area contributed by atoms with Crippen LogP contribution in [0.4, 0.5) is 11.4 Å². The molecule has 1 heterocycles. The Morgan fingerprint density at radius 3 is 2.72 bits per heavy atom. The second-order valence-electron chi connectivity index (χ2n) is 5.34. The lowest BCUT2D eigenvalue weighted by atomic mass is 10.2. The fraction of sp³-hybridized carbons (Fsp3) is 0.118. The highest BCUT2D eigenvalue weighted by Gasteiger charge is 2.21. The first-order valence-corrected chi connectivity index (χ1v) is 8.42. The van der Waals surface area contributed by atoms with E-state index in [9.17, 15) is 14.9 Å². The summed E-state index contributed by atoms with van der Waals surface area (Å²) in [5.41, 5.74) is 0.704. The molecule has 0 saturated heterocycles. The number of ether oxygens (including phenoxy) is 1. The summed E-state index contributed by atoms with van der Waals surface area (Å²) in [6.45, 7) is 1.74. The molecule has 25 heavy (non-hydrogen) atoms. The van der Waals surface area contributed by atoms with Gasteiger partial charge in [0.25, 0.3) is 11.6 Å². The average molecular weight is 377 g/mol. The maximum Gasteiger partial charge on any atom is 0.293 e. The summed E-state index contributed by atoms with van der Waals surface area (Å²) in [5.74, 6) is 0.144. The quantitative estimate of drug-likeness (QED) is 0.511. The number of halogens is 1. The number of nitrogens with one attached hydrogen (secondary N) is 1. The Morgan fingerprint density at radius 2 is 2.04 bits per heavy atom. The lowest BCUT2D eigenvalue weighted by Crippen LogP contribution is -2.12. The van der Waals surface area contributed by atoms with E-state index in [2.05, 4.69) is 5.32 Å². The summed E-state index contributed by atoms with van der Waals surface area (Å²) >= 11 is 7.55. The fourth-order valence-corrected chi connectivity index (χ4v) is 3.78. The number of nitrogens with zero attached hydrogens (tertiary/aromatic N) is 1. The topological polar surface area (TPSA) is 81.5 Å². The highest BCUT2D eigenvalue weighted by molar-refractivity contribution is 7.21. The van der Waals surface area contributed by atoms with Crippen molar-refractivity contribution in [3.63, 3.8) is 0 Å². The summed E-state index contributed by atoms with van der Waals surface area (Å²) in [6.07, 6.45) is 0. The van der Waals surface area contributed by atoms with Crippen LogP contribution < -0.4 is 10.1 Å². The molecule has 0 aliphatic heterocycles. The number of thiophene rings is 1. The SMILES string of the molecule is COc1ccc2sc(C(=O)Nc3ccc(C)cc3[N+](=O)[O-])c(Cl)c2c1. The molecular weight excluding hydrogens is 364 g/mol. The van der Waals surface area contributed by atoms with Crippen LogP contribution in [-0.2, 0) is 0 Å². The Morgan fingerprint density at radius 1 is 1.28 bits per heavy atom.